The van der Waals surface area contributed by atoms with Gasteiger partial charge in [0.05, 0.1) is 32.9 Å². The Balaban J connectivity index is 0.000000119. The molecule has 25 aromatic rings. The minimum atomic E-state index is -0.410. The first-order chi connectivity index (χ1) is 69.0. The molecule has 0 saturated heterocycles. The predicted octanol–water partition coefficient (Wildman–Crippen LogP) is 34.7. The van der Waals surface area contributed by atoms with Gasteiger partial charge < -0.3 is 0 Å². The molecule has 0 nitrogen and oxygen atoms in total. The third-order valence-electron chi connectivity index (χ3n) is 22.7. The van der Waals surface area contributed by atoms with Crippen molar-refractivity contribution in [3.8, 4) is 89.0 Å². The summed E-state index contributed by atoms with van der Waals surface area (Å²) >= 11 is 4.82. The molecule has 0 unspecified atom stereocenters. The maximum Gasteiger partial charge on any atom is 0.0629 e. The summed E-state index contributed by atoms with van der Waals surface area (Å²) in [4.78, 5) is 0. The first-order valence-corrected chi connectivity index (χ1v) is 41.3. The summed E-state index contributed by atoms with van der Waals surface area (Å²) in [6.45, 7) is 0. The Kier molecular flexibility index (Phi) is 12.2. The van der Waals surface area contributed by atoms with Crippen LogP contribution in [-0.4, -0.2) is 0 Å². The fraction of sp³-hybridized carbons (Fsp3) is 0. The molecule has 3 heteroatoms. The van der Waals surface area contributed by atoms with Crippen LogP contribution in [0.1, 0.15) is 32.9 Å². The van der Waals surface area contributed by atoms with Gasteiger partial charge in [-0.2, -0.15) is 0 Å². The summed E-state index contributed by atoms with van der Waals surface area (Å²) in [7, 11) is 0. The Morgan fingerprint density at radius 1 is 0.143 bits per heavy atom. The van der Waals surface area contributed by atoms with Gasteiger partial charge >= 0.3 is 0 Å². The second-order valence-corrected chi connectivity index (χ2v) is 32.5. The normalized spacial score (nSPS) is 14.5. The topological polar surface area (TPSA) is 0 Å². The maximum atomic E-state index is 9.26. The molecule has 0 saturated carbocycles. The molecule has 0 amide bonds. The lowest BCUT2D eigenvalue weighted by atomic mass is 9.84. The van der Waals surface area contributed by atoms with Crippen LogP contribution >= 0.6 is 34.0 Å². The lowest BCUT2D eigenvalue weighted by molar-refractivity contribution is 1.61. The lowest BCUT2D eigenvalue weighted by Crippen LogP contribution is -1.91. The highest BCUT2D eigenvalue weighted by Gasteiger charge is 2.23. The van der Waals surface area contributed by atoms with E-state index in [1.165, 1.54) is 0 Å². The molecule has 0 aliphatic carbocycles. The average molecular weight is 1590 g/mol. The Morgan fingerprint density at radius 2 is 0.378 bits per heavy atom. The van der Waals surface area contributed by atoms with E-state index in [2.05, 4.69) is 60.7 Å². The maximum absolute atomic E-state index is 9.26. The quantitative estimate of drug-likeness (QED) is 0.133. The van der Waals surface area contributed by atoms with Crippen molar-refractivity contribution in [3.63, 3.8) is 0 Å². The van der Waals surface area contributed by atoms with Crippen molar-refractivity contribution in [1.82, 2.24) is 0 Å². The molecule has 3 aromatic heterocycles. The van der Waals surface area contributed by atoms with E-state index in [4.69, 9.17) is 16.4 Å². The van der Waals surface area contributed by atoms with E-state index >= 15 is 0 Å². The SMILES string of the molecule is [2H]c1c([2H])c([2H])c2c(-c3ccc4c(c3)sc3ccccc34)c3c([2H])c([2H])c([2H])c([2H])c3c(-c3ccc(-c4cccc5ccccc45)cc3)c2c1[2H].[2H]c1c([2H])c([2H])c2c(-c3ccc4c(c3)sc3ccccc34)c3c([2H])c([2H])c([2H])c([2H])c3c(-c3ccc(-c4ccccc4)cc3)c2c1[2H].[2H]c1c([2H])c([2H])c2c(-c3cccc4ccccc34)c3c([2H])c([2H])c([2H])c([2H])c3c(-c3ccc4c(c3)sc3ccccc34)c2c1[2H]. The summed E-state index contributed by atoms with van der Waals surface area (Å²) in [5, 5.41) is 13.0. The van der Waals surface area contributed by atoms with Gasteiger partial charge in [0.1, 0.15) is 0 Å². The van der Waals surface area contributed by atoms with E-state index in [9.17, 15) is 16.4 Å². The second-order valence-electron chi connectivity index (χ2n) is 29.3. The van der Waals surface area contributed by atoms with Crippen LogP contribution in [0.5, 0.6) is 0 Å². The molecule has 25 rings (SSSR count). The van der Waals surface area contributed by atoms with Gasteiger partial charge in [-0.1, -0.05) is 400 Å². The molecule has 22 aromatic carbocycles. The molecule has 0 fully saturated rings. The van der Waals surface area contributed by atoms with Crippen LogP contribution in [0.4, 0.5) is 0 Å². The summed E-state index contributed by atoms with van der Waals surface area (Å²) in [6.07, 6.45) is 0. The van der Waals surface area contributed by atoms with Crippen LogP contribution in [0.2, 0.25) is 0 Å². The van der Waals surface area contributed by atoms with Crippen LogP contribution in [0.15, 0.2) is 436 Å². The highest BCUT2D eigenvalue weighted by Crippen LogP contribution is 2.51. The van der Waals surface area contributed by atoms with Crippen molar-refractivity contribution in [2.45, 2.75) is 0 Å². The molecule has 0 radical (unpaired) electrons. The molecular weight excluding hydrogens is 1490 g/mol. The standard InChI is InChI=1S/C42H26S.C38H24S.C36H22S/c1-2-12-31-27(10-1)11-9-18-32(31)28-20-22-29(23-21-28)41-35-14-3-5-16-37(35)42(38-17-6-4-15-36(38)41)30-24-25-34-33-13-7-8-19-39(33)43-40(34)26-30;1-2-10-25(11-3-1)26-18-20-27(21-19-26)37-31-13-4-6-15-33(31)38(34-16-7-5-14-32(34)37)28-22-23-30-29-12-8-9-17-35(29)39-36(30)24-28;1-2-12-25-23(10-1)11-9-18-28(25)36-31-16-5-3-14-29(31)35(30-15-4-6-17-32(30)36)24-20-21-27-26-13-7-8-19-33(26)37-34(27)22-24/h1-26H;1-24H;1-22H/i3D,4D,5D,6D,14D,15D,16D,17D;4D,5D,6D,7D,13D,14D,15D,16D;3D,4D,5D,6D,14D,15D,16D,17D. The zero-order valence-corrected chi connectivity index (χ0v) is 65.4. The van der Waals surface area contributed by atoms with E-state index in [1.54, 1.807) is 34.0 Å². The molecule has 554 valence electrons. The zero-order valence-electron chi connectivity index (χ0n) is 86.9. The third-order valence-corrected chi connectivity index (χ3v) is 26.1. The lowest BCUT2D eigenvalue weighted by Gasteiger charge is -2.18. The monoisotopic (exact) mass is 1580 g/mol. The summed E-state index contributed by atoms with van der Waals surface area (Å²) < 4.78 is 221. The Labute approximate surface area is 734 Å². The van der Waals surface area contributed by atoms with Crippen molar-refractivity contribution < 1.29 is 32.9 Å². The summed E-state index contributed by atoms with van der Waals surface area (Å²) in [5.74, 6) is 0. The van der Waals surface area contributed by atoms with Crippen molar-refractivity contribution in [1.29, 1.82) is 0 Å². The minimum Gasteiger partial charge on any atom is -0.135 e. The molecule has 119 heavy (non-hydrogen) atoms. The van der Waals surface area contributed by atoms with Gasteiger partial charge in [0.15, 0.2) is 0 Å². The van der Waals surface area contributed by atoms with Gasteiger partial charge in [-0.15, -0.1) is 34.0 Å². The van der Waals surface area contributed by atoms with Crippen molar-refractivity contribution in [2.75, 3.05) is 0 Å². The van der Waals surface area contributed by atoms with Crippen LogP contribution in [0.3, 0.4) is 0 Å². The number of thiophene rings is 3. The highest BCUT2D eigenvalue weighted by atomic mass is 32.1. The largest absolute Gasteiger partial charge is 0.135 e. The van der Waals surface area contributed by atoms with Gasteiger partial charge in [-0.05, 0) is 212 Å². The molecule has 0 aliphatic rings. The second kappa shape index (κ2) is 29.4. The van der Waals surface area contributed by atoms with Gasteiger partial charge in [0, 0.05) is 60.5 Å². The van der Waals surface area contributed by atoms with Crippen molar-refractivity contribution in [2.24, 2.45) is 0 Å². The van der Waals surface area contributed by atoms with Crippen LogP contribution in [-0.2, 0) is 0 Å². The van der Waals surface area contributed by atoms with Crippen LogP contribution < -0.4 is 0 Å². The number of hydrogen-bond donors (Lipinski definition) is 0. The van der Waals surface area contributed by atoms with Gasteiger partial charge in [-0.25, -0.2) is 0 Å². The third kappa shape index (κ3) is 12.1. The van der Waals surface area contributed by atoms with Gasteiger partial charge in [-0.3, -0.25) is 0 Å². The first-order valence-electron chi connectivity index (χ1n) is 50.9. The molecule has 3 heterocycles. The number of hydrogen-bond acceptors (Lipinski definition) is 3. The van der Waals surface area contributed by atoms with E-state index in [1.807, 2.05) is 231 Å². The highest BCUT2D eigenvalue weighted by molar-refractivity contribution is 7.26. The fourth-order valence-electron chi connectivity index (χ4n) is 17.4. The zero-order chi connectivity index (χ0) is 99.3. The van der Waals surface area contributed by atoms with E-state index in [0.717, 1.165) is 104 Å². The number of rotatable bonds is 8. The van der Waals surface area contributed by atoms with Gasteiger partial charge in [0.25, 0.3) is 0 Å². The van der Waals surface area contributed by atoms with E-state index in [0.29, 0.717) is 66.8 Å². The first kappa shape index (κ1) is 49.5. The van der Waals surface area contributed by atoms with Crippen molar-refractivity contribution in [3.05, 3.63) is 436 Å². The number of benzene rings is 22. The van der Waals surface area contributed by atoms with E-state index in [-0.39, 0.29) is 137 Å². The number of fused-ring (bicyclic) bond motifs is 17. The molecule has 0 N–H and O–H groups in total. The van der Waals surface area contributed by atoms with Gasteiger partial charge in [0.2, 0.25) is 0 Å². The Bertz CT molecular complexity index is 9650. The molecular formula is C116H72S3. The van der Waals surface area contributed by atoms with Crippen LogP contribution in [0.25, 0.3) is 236 Å². The van der Waals surface area contributed by atoms with Crippen LogP contribution in [0, 0.1) is 0 Å². The molecule has 0 aliphatic heterocycles. The minimum absolute atomic E-state index is 0.211. The fourth-order valence-corrected chi connectivity index (χ4v) is 20.9. The smallest absolute Gasteiger partial charge is 0.0629 e. The molecule has 0 atom stereocenters. The Hall–Kier alpha value is -14.4. The predicted molar refractivity (Wildman–Crippen MR) is 522 cm³/mol. The molecule has 0 bridgehead atoms. The summed E-state index contributed by atoms with van der Waals surface area (Å²) in [6, 6.07) is 86.3. The average Bonchev–Trinajstić information content (AvgIpc) is 1.67. The Morgan fingerprint density at radius 3 is 0.731 bits per heavy atom. The molecule has 0 spiro atoms. The van der Waals surface area contributed by atoms with Crippen molar-refractivity contribution >= 4 is 181 Å². The summed E-state index contributed by atoms with van der Waals surface area (Å²) in [5.41, 5.74) is 9.69. The van der Waals surface area contributed by atoms with E-state index < -0.39 is 72.5 Å².